The molecule has 258 valence electrons. The second-order valence-electron chi connectivity index (χ2n) is 13.0. The van der Waals surface area contributed by atoms with Crippen molar-refractivity contribution >= 4 is 33.2 Å². The van der Waals surface area contributed by atoms with Crippen LogP contribution >= 0.6 is 23.2 Å². The summed E-state index contributed by atoms with van der Waals surface area (Å²) in [5.41, 5.74) is 7.61. The number of halogens is 2. The minimum atomic E-state index is -3.35. The average molecular weight is 721 g/mol. The number of hydrogen-bond acceptors (Lipinski definition) is 6. The van der Waals surface area contributed by atoms with Crippen LogP contribution in [0.3, 0.4) is 0 Å². The Morgan fingerprint density at radius 3 is 2.29 bits per heavy atom. The van der Waals surface area contributed by atoms with Gasteiger partial charge in [0.1, 0.15) is 0 Å². The third kappa shape index (κ3) is 9.33. The number of sulfonamides is 1. The molecule has 0 atom stereocenters. The summed E-state index contributed by atoms with van der Waals surface area (Å²) in [6.45, 7) is 6.26. The molecule has 1 fully saturated rings. The van der Waals surface area contributed by atoms with Crippen molar-refractivity contribution in [2.75, 3.05) is 39.0 Å². The van der Waals surface area contributed by atoms with Gasteiger partial charge in [-0.3, -0.25) is 4.68 Å². The minimum Gasteiger partial charge on any atom is -0.396 e. The van der Waals surface area contributed by atoms with Gasteiger partial charge in [0.15, 0.2) is 0 Å². The summed E-state index contributed by atoms with van der Waals surface area (Å²) in [5, 5.41) is 19.3. The first-order valence-corrected chi connectivity index (χ1v) is 19.5. The number of benzene rings is 3. The SMILES string of the molecule is CS(=O)(=O)N1CCc2c(c(-c3ccc(Cl)c(C#Cc4ccc(CNCc5ccc(Cl)cc5)cc4)c3)nn2CCCN2CCC(CO)CC2)C1. The number of aliphatic hydroxyl groups excluding tert-OH is 1. The van der Waals surface area contributed by atoms with Gasteiger partial charge in [0.25, 0.3) is 0 Å². The van der Waals surface area contributed by atoms with Gasteiger partial charge in [-0.15, -0.1) is 0 Å². The van der Waals surface area contributed by atoms with E-state index in [0.29, 0.717) is 36.0 Å². The molecular weight excluding hydrogens is 677 g/mol. The summed E-state index contributed by atoms with van der Waals surface area (Å²) in [5.74, 6) is 6.93. The second-order valence-corrected chi connectivity index (χ2v) is 15.9. The highest BCUT2D eigenvalue weighted by atomic mass is 35.5. The monoisotopic (exact) mass is 719 g/mol. The zero-order valence-electron chi connectivity index (χ0n) is 27.8. The lowest BCUT2D eigenvalue weighted by Crippen LogP contribution is -2.36. The molecule has 2 aliphatic rings. The average Bonchev–Trinajstić information content (AvgIpc) is 3.47. The van der Waals surface area contributed by atoms with E-state index in [4.69, 9.17) is 28.3 Å². The molecule has 6 rings (SSSR count). The highest BCUT2D eigenvalue weighted by Crippen LogP contribution is 2.33. The number of nitrogens with zero attached hydrogens (tertiary/aromatic N) is 4. The summed E-state index contributed by atoms with van der Waals surface area (Å²) < 4.78 is 28.7. The van der Waals surface area contributed by atoms with Gasteiger partial charge in [-0.25, -0.2) is 8.42 Å². The van der Waals surface area contributed by atoms with Crippen molar-refractivity contribution in [3.63, 3.8) is 0 Å². The molecule has 8 nitrogen and oxygen atoms in total. The number of aromatic nitrogens is 2. The van der Waals surface area contributed by atoms with Gasteiger partial charge in [-0.1, -0.05) is 65.4 Å². The minimum absolute atomic E-state index is 0.274. The highest BCUT2D eigenvalue weighted by molar-refractivity contribution is 7.88. The van der Waals surface area contributed by atoms with Gasteiger partial charge in [-0.2, -0.15) is 9.40 Å². The Labute approximate surface area is 300 Å². The van der Waals surface area contributed by atoms with E-state index in [2.05, 4.69) is 38.9 Å². The first kappa shape index (κ1) is 35.6. The molecule has 1 aromatic heterocycles. The first-order valence-electron chi connectivity index (χ1n) is 16.9. The lowest BCUT2D eigenvalue weighted by Gasteiger charge is -2.31. The summed E-state index contributed by atoms with van der Waals surface area (Å²) in [6, 6.07) is 21.7. The molecule has 3 aromatic carbocycles. The van der Waals surface area contributed by atoms with E-state index in [1.165, 1.54) is 16.1 Å². The van der Waals surface area contributed by atoms with Crippen molar-refractivity contribution in [3.05, 3.63) is 110 Å². The molecule has 1 saturated heterocycles. The predicted molar refractivity (Wildman–Crippen MR) is 197 cm³/mol. The van der Waals surface area contributed by atoms with Crippen molar-refractivity contribution in [2.45, 2.75) is 51.9 Å². The quantitative estimate of drug-likeness (QED) is 0.186. The molecule has 0 unspecified atom stereocenters. The van der Waals surface area contributed by atoms with Gasteiger partial charge in [0.2, 0.25) is 10.0 Å². The van der Waals surface area contributed by atoms with Crippen LogP contribution in [0.25, 0.3) is 11.3 Å². The van der Waals surface area contributed by atoms with Crippen LogP contribution in [-0.2, 0) is 42.6 Å². The fourth-order valence-electron chi connectivity index (χ4n) is 6.57. The number of hydrogen-bond donors (Lipinski definition) is 2. The van der Waals surface area contributed by atoms with Gasteiger partial charge in [0.05, 0.1) is 17.0 Å². The third-order valence-corrected chi connectivity index (χ3v) is 11.3. The van der Waals surface area contributed by atoms with E-state index in [-0.39, 0.29) is 6.61 Å². The fraction of sp³-hybridized carbons (Fsp3) is 0.395. The number of rotatable bonds is 11. The smallest absolute Gasteiger partial charge is 0.211 e. The maximum absolute atomic E-state index is 12.5. The molecule has 0 spiro atoms. The van der Waals surface area contributed by atoms with Crippen molar-refractivity contribution in [1.82, 2.24) is 24.3 Å². The van der Waals surface area contributed by atoms with Gasteiger partial charge >= 0.3 is 0 Å². The topological polar surface area (TPSA) is 90.7 Å². The van der Waals surface area contributed by atoms with Crippen LogP contribution in [0.5, 0.6) is 0 Å². The van der Waals surface area contributed by atoms with Crippen LogP contribution in [0.2, 0.25) is 10.0 Å². The van der Waals surface area contributed by atoms with Crippen LogP contribution < -0.4 is 5.32 Å². The molecule has 0 bridgehead atoms. The largest absolute Gasteiger partial charge is 0.396 e. The maximum atomic E-state index is 12.5. The van der Waals surface area contributed by atoms with Crippen molar-refractivity contribution in [3.8, 4) is 23.1 Å². The van der Waals surface area contributed by atoms with E-state index in [1.54, 1.807) is 0 Å². The molecule has 49 heavy (non-hydrogen) atoms. The predicted octanol–water partition coefficient (Wildman–Crippen LogP) is 5.96. The lowest BCUT2D eigenvalue weighted by molar-refractivity contribution is 0.129. The normalized spacial score (nSPS) is 15.9. The molecule has 0 aliphatic carbocycles. The molecule has 3 heterocycles. The highest BCUT2D eigenvalue weighted by Gasteiger charge is 2.30. The summed E-state index contributed by atoms with van der Waals surface area (Å²) in [6.07, 6.45) is 4.90. The van der Waals surface area contributed by atoms with E-state index in [9.17, 15) is 13.5 Å². The van der Waals surface area contributed by atoms with Crippen LogP contribution in [-0.4, -0.2) is 71.6 Å². The molecule has 11 heteroatoms. The molecule has 0 radical (unpaired) electrons. The maximum Gasteiger partial charge on any atom is 0.211 e. The summed E-state index contributed by atoms with van der Waals surface area (Å²) >= 11 is 12.6. The van der Waals surface area contributed by atoms with E-state index in [1.807, 2.05) is 54.6 Å². The molecule has 0 amide bonds. The first-order chi connectivity index (χ1) is 23.7. The number of likely N-dealkylation sites (tertiary alicyclic amines) is 1. The Hall–Kier alpha value is -3.20. The van der Waals surface area contributed by atoms with E-state index in [0.717, 1.165) is 97.2 Å². The van der Waals surface area contributed by atoms with Gasteiger partial charge in [-0.05, 0) is 92.3 Å². The number of aliphatic hydroxyl groups is 1. The van der Waals surface area contributed by atoms with Crippen LogP contribution in [0.1, 0.15) is 52.8 Å². The number of fused-ring (bicyclic) bond motifs is 1. The van der Waals surface area contributed by atoms with Crippen LogP contribution in [0.15, 0.2) is 66.7 Å². The lowest BCUT2D eigenvalue weighted by atomic mass is 9.98. The summed E-state index contributed by atoms with van der Waals surface area (Å²) in [7, 11) is -3.35. The Kier molecular flexibility index (Phi) is 11.8. The second kappa shape index (κ2) is 16.2. The fourth-order valence-corrected chi connectivity index (χ4v) is 7.65. The third-order valence-electron chi connectivity index (χ3n) is 9.48. The molecular formula is C38H43Cl2N5O3S. The van der Waals surface area contributed by atoms with Crippen molar-refractivity contribution in [1.29, 1.82) is 0 Å². The Bertz CT molecular complexity index is 1910. The van der Waals surface area contributed by atoms with Gasteiger partial charge in [0, 0.05) is 78.7 Å². The standard InChI is InChI=1S/C38H43Cl2N5O3S/c1-49(47,48)44-22-17-37-35(26-44)38(42-45(37)19-2-18-43-20-15-31(27-46)16-21-43)33-11-14-36(40)32(23-33)10-7-28-3-5-29(6-4-28)24-41-25-30-8-12-34(39)13-9-30/h3-6,8-9,11-14,23,31,41,46H,2,15-22,24-27H2,1H3. The molecule has 2 aliphatic heterocycles. The summed E-state index contributed by atoms with van der Waals surface area (Å²) in [4.78, 5) is 2.46. The van der Waals surface area contributed by atoms with Crippen LogP contribution in [0.4, 0.5) is 0 Å². The molecule has 0 saturated carbocycles. The van der Waals surface area contributed by atoms with E-state index < -0.39 is 10.0 Å². The zero-order chi connectivity index (χ0) is 34.4. The van der Waals surface area contributed by atoms with Crippen molar-refractivity contribution < 1.29 is 13.5 Å². The van der Waals surface area contributed by atoms with E-state index >= 15 is 0 Å². The van der Waals surface area contributed by atoms with Crippen LogP contribution in [0, 0.1) is 17.8 Å². The Balaban J connectivity index is 1.16. The molecule has 4 aromatic rings. The number of piperidine rings is 1. The van der Waals surface area contributed by atoms with Gasteiger partial charge < -0.3 is 15.3 Å². The molecule has 2 N–H and O–H groups in total. The Morgan fingerprint density at radius 2 is 1.61 bits per heavy atom. The Morgan fingerprint density at radius 1 is 0.918 bits per heavy atom. The zero-order valence-corrected chi connectivity index (χ0v) is 30.2. The van der Waals surface area contributed by atoms with Crippen molar-refractivity contribution in [2.24, 2.45) is 5.92 Å². The number of aryl methyl sites for hydroxylation is 1. The number of nitrogens with one attached hydrogen (secondary N) is 1.